The zero-order valence-electron chi connectivity index (χ0n) is 12.5. The number of hydrogen-bond donors (Lipinski definition) is 0. The van der Waals surface area contributed by atoms with Crippen LogP contribution in [0, 0.1) is 24.8 Å². The minimum atomic E-state index is -0.548. The second-order valence-corrected chi connectivity index (χ2v) is 5.12. The second-order valence-electron chi connectivity index (χ2n) is 5.12. The van der Waals surface area contributed by atoms with Crippen molar-refractivity contribution in [2.45, 2.75) is 25.9 Å². The Kier molecular flexibility index (Phi) is 6.23. The third-order valence-electron chi connectivity index (χ3n) is 3.01. The SMILES string of the molecule is [C-]#[N+]C(C)(C)c1ccc(F)cc1.[C-]#[N+]Cc1ccc(F)cc1. The minimum Gasteiger partial charge on any atom is -0.312 e. The summed E-state index contributed by atoms with van der Waals surface area (Å²) in [4.78, 5) is 6.61. The highest BCUT2D eigenvalue weighted by Crippen LogP contribution is 2.24. The first kappa shape index (κ1) is 17.3. The molecule has 2 nitrogen and oxygen atoms in total. The number of hydrogen-bond acceptors (Lipinski definition) is 0. The molecule has 0 bridgehead atoms. The predicted molar refractivity (Wildman–Crippen MR) is 82.7 cm³/mol. The lowest BCUT2D eigenvalue weighted by Gasteiger charge is -2.10. The maximum Gasteiger partial charge on any atom is 0.252 e. The van der Waals surface area contributed by atoms with Crippen LogP contribution in [-0.2, 0) is 12.1 Å². The zero-order valence-corrected chi connectivity index (χ0v) is 12.5. The van der Waals surface area contributed by atoms with Crippen molar-refractivity contribution in [2.75, 3.05) is 0 Å². The van der Waals surface area contributed by atoms with Gasteiger partial charge in [0, 0.05) is 25.0 Å². The molecule has 2 aromatic carbocycles. The molecule has 0 aliphatic rings. The highest BCUT2D eigenvalue weighted by Gasteiger charge is 2.25. The van der Waals surface area contributed by atoms with Gasteiger partial charge in [-0.05, 0) is 48.5 Å². The summed E-state index contributed by atoms with van der Waals surface area (Å²) in [7, 11) is 0. The molecule has 2 rings (SSSR count). The first-order valence-electron chi connectivity index (χ1n) is 6.61. The Morgan fingerprint density at radius 1 is 0.864 bits per heavy atom. The summed E-state index contributed by atoms with van der Waals surface area (Å²) < 4.78 is 24.8. The van der Waals surface area contributed by atoms with Gasteiger partial charge in [0.25, 0.3) is 5.54 Å². The third kappa shape index (κ3) is 5.34. The van der Waals surface area contributed by atoms with Gasteiger partial charge in [-0.3, -0.25) is 0 Å². The van der Waals surface area contributed by atoms with E-state index in [1.54, 1.807) is 24.3 Å². The first-order valence-corrected chi connectivity index (χ1v) is 6.61. The van der Waals surface area contributed by atoms with E-state index in [4.69, 9.17) is 13.1 Å². The molecular weight excluding hydrogens is 282 g/mol. The standard InChI is InChI=1S/C10H10FN.C8H6FN/c1-10(2,12-3)8-4-6-9(11)7-5-8;1-10-6-7-2-4-8(9)5-3-7/h4-7H,1-2H3;2-5H,6H2. The van der Waals surface area contributed by atoms with Gasteiger partial charge in [0.2, 0.25) is 6.54 Å². The largest absolute Gasteiger partial charge is 0.312 e. The summed E-state index contributed by atoms with van der Waals surface area (Å²) in [6.07, 6.45) is 0. The van der Waals surface area contributed by atoms with E-state index in [0.29, 0.717) is 6.54 Å². The van der Waals surface area contributed by atoms with E-state index < -0.39 is 5.54 Å². The van der Waals surface area contributed by atoms with Gasteiger partial charge in [-0.25, -0.2) is 21.9 Å². The van der Waals surface area contributed by atoms with E-state index in [9.17, 15) is 8.78 Å². The first-order chi connectivity index (χ1) is 10.4. The van der Waals surface area contributed by atoms with Crippen molar-refractivity contribution in [1.29, 1.82) is 0 Å². The van der Waals surface area contributed by atoms with Crippen LogP contribution in [0.3, 0.4) is 0 Å². The Bertz CT molecular complexity index is 675. The van der Waals surface area contributed by atoms with Crippen molar-refractivity contribution in [3.05, 3.63) is 94.1 Å². The van der Waals surface area contributed by atoms with E-state index in [1.165, 1.54) is 24.3 Å². The molecule has 0 radical (unpaired) electrons. The van der Waals surface area contributed by atoms with Crippen LogP contribution in [0.25, 0.3) is 9.69 Å². The van der Waals surface area contributed by atoms with Crippen LogP contribution in [-0.4, -0.2) is 0 Å². The van der Waals surface area contributed by atoms with Crippen LogP contribution in [0.1, 0.15) is 25.0 Å². The monoisotopic (exact) mass is 298 g/mol. The van der Waals surface area contributed by atoms with E-state index in [-0.39, 0.29) is 11.6 Å². The molecule has 0 aliphatic heterocycles. The fourth-order valence-electron chi connectivity index (χ4n) is 1.60. The molecule has 0 aromatic heterocycles. The maximum absolute atomic E-state index is 12.5. The predicted octanol–water partition coefficient (Wildman–Crippen LogP) is 5.23. The van der Waals surface area contributed by atoms with Gasteiger partial charge in [-0.1, -0.05) is 0 Å². The summed E-state index contributed by atoms with van der Waals surface area (Å²) in [5, 5.41) is 0. The van der Waals surface area contributed by atoms with Gasteiger partial charge in [0.15, 0.2) is 0 Å². The highest BCUT2D eigenvalue weighted by atomic mass is 19.1. The average molecular weight is 298 g/mol. The van der Waals surface area contributed by atoms with Crippen LogP contribution in [0.2, 0.25) is 0 Å². The lowest BCUT2D eigenvalue weighted by atomic mass is 9.96. The van der Waals surface area contributed by atoms with Gasteiger partial charge in [-0.15, -0.1) is 0 Å². The van der Waals surface area contributed by atoms with Crippen LogP contribution in [0.15, 0.2) is 48.5 Å². The van der Waals surface area contributed by atoms with Crippen LogP contribution >= 0.6 is 0 Å². The molecule has 0 fully saturated rings. The topological polar surface area (TPSA) is 8.72 Å². The van der Waals surface area contributed by atoms with Gasteiger partial charge >= 0.3 is 0 Å². The van der Waals surface area contributed by atoms with Crippen molar-refractivity contribution in [2.24, 2.45) is 0 Å². The summed E-state index contributed by atoms with van der Waals surface area (Å²) in [5.74, 6) is -0.520. The molecule has 112 valence electrons. The molecule has 0 heterocycles. The maximum atomic E-state index is 12.5. The zero-order chi connectivity index (χ0) is 16.6. The Labute approximate surface area is 129 Å². The number of rotatable bonds is 2. The van der Waals surface area contributed by atoms with Crippen LogP contribution in [0.5, 0.6) is 0 Å². The molecule has 0 N–H and O–H groups in total. The quantitative estimate of drug-likeness (QED) is 0.672. The van der Waals surface area contributed by atoms with E-state index in [2.05, 4.69) is 9.69 Å². The molecule has 0 amide bonds. The highest BCUT2D eigenvalue weighted by molar-refractivity contribution is 5.26. The van der Waals surface area contributed by atoms with E-state index in [1.807, 2.05) is 13.8 Å². The smallest absolute Gasteiger partial charge is 0.252 e. The van der Waals surface area contributed by atoms with Gasteiger partial charge in [0.05, 0.1) is 0 Å². The van der Waals surface area contributed by atoms with Crippen molar-refractivity contribution >= 4 is 0 Å². The van der Waals surface area contributed by atoms with Crippen LogP contribution in [0.4, 0.5) is 8.78 Å². The molecule has 0 unspecified atom stereocenters. The van der Waals surface area contributed by atoms with E-state index in [0.717, 1.165) is 11.1 Å². The number of benzene rings is 2. The lowest BCUT2D eigenvalue weighted by molar-refractivity contribution is 0.619. The molecule has 4 heteroatoms. The lowest BCUT2D eigenvalue weighted by Crippen LogP contribution is -2.10. The molecule has 22 heavy (non-hydrogen) atoms. The Balaban J connectivity index is 0.000000224. The second kappa shape index (κ2) is 7.90. The van der Waals surface area contributed by atoms with E-state index >= 15 is 0 Å². The van der Waals surface area contributed by atoms with Crippen molar-refractivity contribution < 1.29 is 8.78 Å². The molecule has 0 spiro atoms. The van der Waals surface area contributed by atoms with Crippen molar-refractivity contribution in [3.8, 4) is 0 Å². The number of nitrogens with zero attached hydrogens (tertiary/aromatic N) is 2. The molecule has 2 aromatic rings. The molecule has 0 saturated heterocycles. The fourth-order valence-corrected chi connectivity index (χ4v) is 1.60. The molecular formula is C18H16F2N2. The summed E-state index contributed by atoms with van der Waals surface area (Å²) in [5.41, 5.74) is 1.16. The Morgan fingerprint density at radius 2 is 1.32 bits per heavy atom. The third-order valence-corrected chi connectivity index (χ3v) is 3.01. The molecule has 0 saturated carbocycles. The van der Waals surface area contributed by atoms with Gasteiger partial charge in [-0.2, -0.15) is 0 Å². The molecule has 0 atom stereocenters. The van der Waals surface area contributed by atoms with Crippen molar-refractivity contribution in [3.63, 3.8) is 0 Å². The fraction of sp³-hybridized carbons (Fsp3) is 0.222. The van der Waals surface area contributed by atoms with Crippen LogP contribution < -0.4 is 0 Å². The Morgan fingerprint density at radius 3 is 1.73 bits per heavy atom. The number of halogens is 2. The summed E-state index contributed by atoms with van der Waals surface area (Å²) in [6.45, 7) is 17.4. The van der Waals surface area contributed by atoms with Crippen molar-refractivity contribution in [1.82, 2.24) is 0 Å². The summed E-state index contributed by atoms with van der Waals surface area (Å²) in [6, 6.07) is 12.0. The van der Waals surface area contributed by atoms with Gasteiger partial charge < -0.3 is 9.69 Å². The minimum absolute atomic E-state index is 0.256. The van der Waals surface area contributed by atoms with Gasteiger partial charge in [0.1, 0.15) is 11.6 Å². The Hall–Kier alpha value is -2.72. The summed E-state index contributed by atoms with van der Waals surface area (Å²) >= 11 is 0. The normalized spacial score (nSPS) is 9.91. The average Bonchev–Trinajstić information content (AvgIpc) is 2.51. The molecule has 0 aliphatic carbocycles.